The van der Waals surface area contributed by atoms with Gasteiger partial charge in [-0.15, -0.1) is 0 Å². The lowest BCUT2D eigenvalue weighted by Crippen LogP contribution is -2.28. The molecular formula is C10H8Cl2F3NO3S2. The fraction of sp³-hybridized carbons (Fsp3) is 0.300. The molecule has 0 bridgehead atoms. The summed E-state index contributed by atoms with van der Waals surface area (Å²) in [7, 11) is -4.06. The minimum absolute atomic E-state index is 0.613. The minimum Gasteiger partial charge on any atom is -0.741 e. The monoisotopic (exact) mass is 381 g/mol. The average molecular weight is 382 g/mol. The molecule has 0 spiro atoms. The number of fused-ring (bicyclic) bond motifs is 1. The Morgan fingerprint density at radius 2 is 1.67 bits per heavy atom. The molecule has 1 aromatic carbocycles. The van der Waals surface area contributed by atoms with Crippen LogP contribution in [-0.4, -0.2) is 18.5 Å². The third-order valence-electron chi connectivity index (χ3n) is 2.38. The Morgan fingerprint density at radius 3 is 2.10 bits per heavy atom. The normalized spacial score (nSPS) is 12.2. The molecule has 11 heteroatoms. The first kappa shape index (κ1) is 18.4. The van der Waals surface area contributed by atoms with Crippen LogP contribution < -0.4 is 4.57 Å². The second kappa shape index (κ2) is 6.25. The zero-order valence-corrected chi connectivity index (χ0v) is 13.7. The fourth-order valence-corrected chi connectivity index (χ4v) is 2.68. The van der Waals surface area contributed by atoms with Crippen LogP contribution in [-0.2, 0) is 17.2 Å². The van der Waals surface area contributed by atoms with E-state index in [0.29, 0.717) is 10.0 Å². The molecule has 0 saturated carbocycles. The van der Waals surface area contributed by atoms with Crippen molar-refractivity contribution in [3.63, 3.8) is 0 Å². The molecule has 1 aromatic heterocycles. The van der Waals surface area contributed by atoms with E-state index in [4.69, 9.17) is 36.2 Å². The predicted octanol–water partition coefficient (Wildman–Crippen LogP) is 3.39. The van der Waals surface area contributed by atoms with Crippen LogP contribution in [0.5, 0.6) is 0 Å². The van der Waals surface area contributed by atoms with Gasteiger partial charge in [-0.25, -0.2) is 8.42 Å². The number of thiazole rings is 1. The second-order valence-corrected chi connectivity index (χ2v) is 7.23. The van der Waals surface area contributed by atoms with Gasteiger partial charge in [0.1, 0.15) is 11.7 Å². The van der Waals surface area contributed by atoms with Gasteiger partial charge in [0, 0.05) is 13.0 Å². The van der Waals surface area contributed by atoms with Crippen molar-refractivity contribution in [3.8, 4) is 0 Å². The molecular weight excluding hydrogens is 374 g/mol. The summed E-state index contributed by atoms with van der Waals surface area (Å²) in [5.74, 6) is 0. The summed E-state index contributed by atoms with van der Waals surface area (Å²) >= 11 is 13.6. The summed E-state index contributed by atoms with van der Waals surface area (Å²) in [4.78, 5) is 0. The van der Waals surface area contributed by atoms with E-state index in [1.807, 2.05) is 19.2 Å². The van der Waals surface area contributed by atoms with E-state index >= 15 is 0 Å². The Balaban J connectivity index is 0.000000240. The van der Waals surface area contributed by atoms with Gasteiger partial charge < -0.3 is 4.55 Å². The number of aromatic nitrogens is 1. The highest BCUT2D eigenvalue weighted by Gasteiger charge is 2.36. The molecule has 0 aliphatic carbocycles. The molecule has 0 radical (unpaired) electrons. The van der Waals surface area contributed by atoms with Crippen molar-refractivity contribution >= 4 is 54.9 Å². The molecule has 0 fully saturated rings. The molecule has 0 saturated heterocycles. The largest absolute Gasteiger partial charge is 0.741 e. The zero-order valence-electron chi connectivity index (χ0n) is 10.5. The van der Waals surface area contributed by atoms with Crippen LogP contribution in [0.4, 0.5) is 13.2 Å². The maximum atomic E-state index is 10.7. The van der Waals surface area contributed by atoms with Gasteiger partial charge in [0.2, 0.25) is 10.5 Å². The van der Waals surface area contributed by atoms with Crippen LogP contribution in [0.25, 0.3) is 10.2 Å². The molecule has 2 rings (SSSR count). The summed E-state index contributed by atoms with van der Waals surface area (Å²) in [5, 5.41) is 2.48. The Kier molecular flexibility index (Phi) is 5.49. The Morgan fingerprint density at radius 1 is 1.24 bits per heavy atom. The summed E-state index contributed by atoms with van der Waals surface area (Å²) in [6, 6.07) is 3.82. The number of hydrogen-bond donors (Lipinski definition) is 0. The second-order valence-electron chi connectivity index (χ2n) is 3.81. The Bertz CT molecular complexity index is 772. The predicted molar refractivity (Wildman–Crippen MR) is 73.5 cm³/mol. The van der Waals surface area contributed by atoms with Gasteiger partial charge in [-0.2, -0.15) is 17.7 Å². The maximum absolute atomic E-state index is 10.7. The van der Waals surface area contributed by atoms with Crippen molar-refractivity contribution in [3.05, 3.63) is 27.2 Å². The van der Waals surface area contributed by atoms with E-state index in [0.717, 1.165) is 5.52 Å². The summed E-state index contributed by atoms with van der Waals surface area (Å²) in [5.41, 5.74) is -4.51. The van der Waals surface area contributed by atoms with E-state index in [2.05, 4.69) is 11.5 Å². The molecule has 0 unspecified atom stereocenters. The highest BCUT2D eigenvalue weighted by Crippen LogP contribution is 2.29. The van der Waals surface area contributed by atoms with E-state index < -0.39 is 15.6 Å². The molecule has 2 aromatic rings. The van der Waals surface area contributed by atoms with Crippen LogP contribution in [0.2, 0.25) is 10.0 Å². The number of aryl methyl sites for hydroxylation is 2. The third kappa shape index (κ3) is 4.43. The minimum atomic E-state index is -6.09. The lowest BCUT2D eigenvalue weighted by atomic mass is 10.3. The fourth-order valence-electron chi connectivity index (χ4n) is 1.26. The number of hydrogen-bond acceptors (Lipinski definition) is 4. The molecule has 1 heterocycles. The van der Waals surface area contributed by atoms with Crippen LogP contribution >= 0.6 is 34.5 Å². The first-order chi connectivity index (χ1) is 9.34. The molecule has 0 aliphatic rings. The first-order valence-corrected chi connectivity index (χ1v) is 8.09. The van der Waals surface area contributed by atoms with Gasteiger partial charge in [0.15, 0.2) is 10.1 Å². The highest BCUT2D eigenvalue weighted by atomic mass is 35.5. The lowest BCUT2D eigenvalue weighted by Gasteiger charge is -2.08. The molecule has 0 atom stereocenters. The van der Waals surface area contributed by atoms with Gasteiger partial charge in [0.05, 0.1) is 10.0 Å². The molecule has 4 nitrogen and oxygen atoms in total. The van der Waals surface area contributed by atoms with Crippen molar-refractivity contribution in [1.29, 1.82) is 0 Å². The molecule has 0 aliphatic heterocycles. The van der Waals surface area contributed by atoms with Gasteiger partial charge in [-0.05, 0) is 6.07 Å². The van der Waals surface area contributed by atoms with Gasteiger partial charge >= 0.3 is 5.51 Å². The highest BCUT2D eigenvalue weighted by molar-refractivity contribution is 7.86. The first-order valence-electron chi connectivity index (χ1n) is 5.11. The van der Waals surface area contributed by atoms with Crippen LogP contribution in [0, 0.1) is 6.92 Å². The number of nitrogens with zero attached hydrogens (tertiary/aromatic N) is 1. The number of halogens is 5. The van der Waals surface area contributed by atoms with Crippen molar-refractivity contribution < 1.29 is 30.7 Å². The smallest absolute Gasteiger partial charge is 0.485 e. The van der Waals surface area contributed by atoms with Gasteiger partial charge in [0.25, 0.3) is 0 Å². The summed E-state index contributed by atoms with van der Waals surface area (Å²) in [6.07, 6.45) is 0. The van der Waals surface area contributed by atoms with Crippen LogP contribution in [0.1, 0.15) is 5.01 Å². The summed E-state index contributed by atoms with van der Waals surface area (Å²) in [6.45, 7) is 2.08. The molecule has 0 amide bonds. The van der Waals surface area contributed by atoms with Crippen molar-refractivity contribution in [2.24, 2.45) is 7.05 Å². The standard InChI is InChI=1S/C9H8Cl2NS.CHF3O3S/c1-5-12(2)8-3-6(10)7(11)4-9(8)13-5;2-1(3,4)8(5,6)7/h3-4H,1-2H3;(H,5,6,7)/q+1;/p-1. The van der Waals surface area contributed by atoms with Crippen LogP contribution in [0.15, 0.2) is 12.1 Å². The van der Waals surface area contributed by atoms with E-state index in [1.165, 1.54) is 9.71 Å². The van der Waals surface area contributed by atoms with Crippen LogP contribution in [0.3, 0.4) is 0 Å². The summed E-state index contributed by atoms with van der Waals surface area (Å²) < 4.78 is 62.2. The van der Waals surface area contributed by atoms with Crippen molar-refractivity contribution in [2.45, 2.75) is 12.4 Å². The van der Waals surface area contributed by atoms with Crippen molar-refractivity contribution in [2.75, 3.05) is 0 Å². The lowest BCUT2D eigenvalue weighted by molar-refractivity contribution is -0.646. The topological polar surface area (TPSA) is 61.1 Å². The SMILES string of the molecule is Cc1sc2cc(Cl)c(Cl)cc2[n+]1C.O=S(=O)([O-])C(F)(F)F. The van der Waals surface area contributed by atoms with E-state index in [1.54, 1.807) is 11.3 Å². The van der Waals surface area contributed by atoms with Crippen molar-refractivity contribution in [1.82, 2.24) is 0 Å². The Hall–Kier alpha value is -0.610. The number of rotatable bonds is 0. The number of alkyl halides is 3. The molecule has 21 heavy (non-hydrogen) atoms. The molecule has 0 N–H and O–H groups in total. The van der Waals surface area contributed by atoms with E-state index in [9.17, 15) is 13.2 Å². The average Bonchev–Trinajstić information content (AvgIpc) is 2.55. The quantitative estimate of drug-likeness (QED) is 0.399. The Labute approximate surface area is 132 Å². The van der Waals surface area contributed by atoms with Gasteiger partial charge in [-0.1, -0.05) is 34.5 Å². The van der Waals surface area contributed by atoms with E-state index in [-0.39, 0.29) is 0 Å². The zero-order chi connectivity index (χ0) is 16.6. The third-order valence-corrected chi connectivity index (χ3v) is 4.78. The van der Waals surface area contributed by atoms with Gasteiger partial charge in [-0.3, -0.25) is 0 Å². The number of benzene rings is 1. The molecule has 118 valence electrons. The maximum Gasteiger partial charge on any atom is 0.485 e.